The lowest BCUT2D eigenvalue weighted by Gasteiger charge is -2.34. The van der Waals surface area contributed by atoms with Gasteiger partial charge in [-0.15, -0.1) is 0 Å². The van der Waals surface area contributed by atoms with Crippen molar-refractivity contribution in [1.29, 1.82) is 0 Å². The van der Waals surface area contributed by atoms with Crippen LogP contribution in [0.25, 0.3) is 10.9 Å². The molecular formula is C23H24ClN3O4. The minimum atomic E-state index is -0.860. The van der Waals surface area contributed by atoms with E-state index in [2.05, 4.69) is 10.3 Å². The largest absolute Gasteiger partial charge is 0.414 e. The van der Waals surface area contributed by atoms with Gasteiger partial charge in [0.1, 0.15) is 12.3 Å². The second-order valence-corrected chi connectivity index (χ2v) is 8.09. The van der Waals surface area contributed by atoms with Crippen LogP contribution in [0, 0.1) is 0 Å². The van der Waals surface area contributed by atoms with Crippen molar-refractivity contribution in [2.24, 2.45) is 0 Å². The number of halogens is 1. The lowest BCUT2D eigenvalue weighted by molar-refractivity contribution is -0.146. The van der Waals surface area contributed by atoms with Crippen LogP contribution < -0.4 is 10.1 Å². The number of benzene rings is 2. The summed E-state index contributed by atoms with van der Waals surface area (Å²) in [6.45, 7) is 0.463. The number of piperidine rings is 1. The standard InChI is InChI=1S/C23H24ClN3O4/c24-17-9-10-18-16(13-17)14-20(25-18)31-23(30)26-19(12-15-6-2-1-3-7-15)22(29)27-11-5-4-8-21(27)28/h1-3,6-7,9-10,13-14,19,21,25,28H,4-5,8,11-12H2,(H,26,30)/t19-,21?/m0/s1. The van der Waals surface area contributed by atoms with Crippen molar-refractivity contribution in [3.63, 3.8) is 0 Å². The van der Waals surface area contributed by atoms with Gasteiger partial charge in [-0.3, -0.25) is 4.79 Å². The first-order chi connectivity index (χ1) is 15.0. The smallest absolute Gasteiger partial charge is 0.393 e. The monoisotopic (exact) mass is 441 g/mol. The Labute approximate surface area is 185 Å². The molecule has 4 rings (SSSR count). The van der Waals surface area contributed by atoms with Gasteiger partial charge in [-0.1, -0.05) is 41.9 Å². The van der Waals surface area contributed by atoms with Gasteiger partial charge in [0, 0.05) is 35.0 Å². The van der Waals surface area contributed by atoms with Crippen LogP contribution >= 0.6 is 11.6 Å². The normalized spacial score (nSPS) is 17.4. The highest BCUT2D eigenvalue weighted by atomic mass is 35.5. The Balaban J connectivity index is 1.49. The molecule has 1 fully saturated rings. The van der Waals surface area contributed by atoms with E-state index in [9.17, 15) is 14.7 Å². The highest BCUT2D eigenvalue weighted by Crippen LogP contribution is 2.24. The summed E-state index contributed by atoms with van der Waals surface area (Å²) >= 11 is 6.00. The van der Waals surface area contributed by atoms with Gasteiger partial charge in [0.05, 0.1) is 0 Å². The van der Waals surface area contributed by atoms with E-state index in [0.717, 1.165) is 29.3 Å². The molecule has 31 heavy (non-hydrogen) atoms. The van der Waals surface area contributed by atoms with Gasteiger partial charge in [-0.2, -0.15) is 0 Å². The summed E-state index contributed by atoms with van der Waals surface area (Å²) in [5.74, 6) is -0.0740. The van der Waals surface area contributed by atoms with E-state index >= 15 is 0 Å². The first-order valence-corrected chi connectivity index (χ1v) is 10.7. The second-order valence-electron chi connectivity index (χ2n) is 7.65. The first-order valence-electron chi connectivity index (χ1n) is 10.3. The predicted molar refractivity (Wildman–Crippen MR) is 118 cm³/mol. The van der Waals surface area contributed by atoms with E-state index in [1.165, 1.54) is 4.90 Å². The van der Waals surface area contributed by atoms with Crippen LogP contribution in [0.15, 0.2) is 54.6 Å². The summed E-state index contributed by atoms with van der Waals surface area (Å²) in [7, 11) is 0. The Morgan fingerprint density at radius 2 is 2.00 bits per heavy atom. The maximum atomic E-state index is 13.2. The summed E-state index contributed by atoms with van der Waals surface area (Å²) < 4.78 is 5.39. The van der Waals surface area contributed by atoms with Crippen LogP contribution in [-0.4, -0.2) is 45.8 Å². The number of nitrogens with zero attached hydrogens (tertiary/aromatic N) is 1. The second kappa shape index (κ2) is 9.41. The highest BCUT2D eigenvalue weighted by Gasteiger charge is 2.32. The number of hydrogen-bond acceptors (Lipinski definition) is 4. The number of hydrogen-bond donors (Lipinski definition) is 3. The molecule has 2 atom stereocenters. The quantitative estimate of drug-likeness (QED) is 0.560. The molecule has 1 aromatic heterocycles. The number of ether oxygens (including phenoxy) is 1. The van der Waals surface area contributed by atoms with Crippen molar-refractivity contribution in [3.8, 4) is 5.88 Å². The number of amides is 2. The van der Waals surface area contributed by atoms with Crippen LogP contribution in [0.5, 0.6) is 5.88 Å². The molecule has 7 nitrogen and oxygen atoms in total. The molecule has 1 aliphatic rings. The third kappa shape index (κ3) is 5.18. The van der Waals surface area contributed by atoms with Crippen LogP contribution in [0.2, 0.25) is 5.02 Å². The number of carbonyl (C=O) groups is 2. The molecule has 0 aliphatic carbocycles. The van der Waals surface area contributed by atoms with Crippen LogP contribution in [-0.2, 0) is 11.2 Å². The third-order valence-corrected chi connectivity index (χ3v) is 5.62. The summed E-state index contributed by atoms with van der Waals surface area (Å²) in [4.78, 5) is 30.2. The van der Waals surface area contributed by atoms with E-state index in [-0.39, 0.29) is 11.8 Å². The fourth-order valence-electron chi connectivity index (χ4n) is 3.82. The van der Waals surface area contributed by atoms with E-state index in [1.807, 2.05) is 30.3 Å². The minimum Gasteiger partial charge on any atom is -0.393 e. The number of rotatable bonds is 5. The van der Waals surface area contributed by atoms with Gasteiger partial charge < -0.3 is 25.0 Å². The molecule has 0 saturated carbocycles. The molecule has 8 heteroatoms. The number of likely N-dealkylation sites (tertiary alicyclic amines) is 1. The summed E-state index contributed by atoms with van der Waals surface area (Å²) in [6.07, 6.45) is 0.928. The van der Waals surface area contributed by atoms with E-state index in [4.69, 9.17) is 16.3 Å². The van der Waals surface area contributed by atoms with Crippen molar-refractivity contribution in [3.05, 3.63) is 65.2 Å². The van der Waals surface area contributed by atoms with Crippen molar-refractivity contribution in [1.82, 2.24) is 15.2 Å². The van der Waals surface area contributed by atoms with Crippen LogP contribution in [0.4, 0.5) is 4.79 Å². The van der Waals surface area contributed by atoms with Crippen LogP contribution in [0.3, 0.4) is 0 Å². The zero-order valence-electron chi connectivity index (χ0n) is 16.9. The van der Waals surface area contributed by atoms with Gasteiger partial charge in [0.25, 0.3) is 0 Å². The topological polar surface area (TPSA) is 94.7 Å². The van der Waals surface area contributed by atoms with Crippen molar-refractivity contribution < 1.29 is 19.4 Å². The minimum absolute atomic E-state index is 0.249. The molecule has 1 unspecified atom stereocenters. The first kappa shape index (κ1) is 21.2. The number of fused-ring (bicyclic) bond motifs is 1. The van der Waals surface area contributed by atoms with E-state index < -0.39 is 18.4 Å². The molecular weight excluding hydrogens is 418 g/mol. The molecule has 2 heterocycles. The number of aliphatic hydroxyl groups excluding tert-OH is 1. The van der Waals surface area contributed by atoms with E-state index in [0.29, 0.717) is 24.4 Å². The van der Waals surface area contributed by atoms with Crippen LogP contribution in [0.1, 0.15) is 24.8 Å². The van der Waals surface area contributed by atoms with Gasteiger partial charge in [-0.05, 0) is 43.0 Å². The van der Waals surface area contributed by atoms with Gasteiger partial charge in [0.2, 0.25) is 11.8 Å². The Morgan fingerprint density at radius 3 is 2.77 bits per heavy atom. The zero-order valence-corrected chi connectivity index (χ0v) is 17.6. The Kier molecular flexibility index (Phi) is 6.44. The summed E-state index contributed by atoms with van der Waals surface area (Å²) in [6, 6.07) is 15.5. The SMILES string of the molecule is O=C(N[C@@H](Cc1ccccc1)C(=O)N1CCCCC1O)Oc1cc2cc(Cl)ccc2[nH]1. The molecule has 3 N–H and O–H groups in total. The average Bonchev–Trinajstić information content (AvgIpc) is 3.15. The summed E-state index contributed by atoms with van der Waals surface area (Å²) in [5.41, 5.74) is 1.67. The number of nitrogens with one attached hydrogen (secondary N) is 2. The number of aromatic nitrogens is 1. The molecule has 1 saturated heterocycles. The van der Waals surface area contributed by atoms with Crippen molar-refractivity contribution >= 4 is 34.5 Å². The molecule has 3 aromatic rings. The van der Waals surface area contributed by atoms with Gasteiger partial charge in [0.15, 0.2) is 0 Å². The lowest BCUT2D eigenvalue weighted by Crippen LogP contribution is -2.54. The molecule has 0 spiro atoms. The van der Waals surface area contributed by atoms with Gasteiger partial charge >= 0.3 is 6.09 Å². The zero-order chi connectivity index (χ0) is 21.8. The fourth-order valence-corrected chi connectivity index (χ4v) is 4.01. The lowest BCUT2D eigenvalue weighted by atomic mass is 10.0. The van der Waals surface area contributed by atoms with E-state index in [1.54, 1.807) is 24.3 Å². The van der Waals surface area contributed by atoms with Gasteiger partial charge in [-0.25, -0.2) is 4.79 Å². The highest BCUT2D eigenvalue weighted by molar-refractivity contribution is 6.31. The summed E-state index contributed by atoms with van der Waals surface area (Å²) in [5, 5.41) is 14.3. The Hall–Kier alpha value is -3.03. The third-order valence-electron chi connectivity index (χ3n) is 5.39. The number of aliphatic hydroxyl groups is 1. The van der Waals surface area contributed by atoms with Crippen molar-refractivity contribution in [2.75, 3.05) is 6.54 Å². The number of aromatic amines is 1. The van der Waals surface area contributed by atoms with Crippen molar-refractivity contribution in [2.45, 2.75) is 38.0 Å². The Bertz CT molecular complexity index is 1070. The maximum absolute atomic E-state index is 13.2. The molecule has 162 valence electrons. The molecule has 2 aromatic carbocycles. The maximum Gasteiger partial charge on any atom is 0.414 e. The number of carbonyl (C=O) groups excluding carboxylic acids is 2. The fraction of sp³-hybridized carbons (Fsp3) is 0.304. The predicted octanol–water partition coefficient (Wildman–Crippen LogP) is 3.85. The Morgan fingerprint density at radius 1 is 1.19 bits per heavy atom. The molecule has 2 amide bonds. The molecule has 0 bridgehead atoms. The average molecular weight is 442 g/mol. The number of H-pyrrole nitrogens is 1. The molecule has 1 aliphatic heterocycles. The molecule has 0 radical (unpaired) electrons.